The summed E-state index contributed by atoms with van der Waals surface area (Å²) in [6, 6.07) is 0. The van der Waals surface area contributed by atoms with E-state index in [2.05, 4.69) is 4.74 Å². The van der Waals surface area contributed by atoms with Gasteiger partial charge < -0.3 is 4.74 Å². The molecule has 0 aliphatic heterocycles. The average Bonchev–Trinajstić information content (AvgIpc) is 2.17. The van der Waals surface area contributed by atoms with Crippen LogP contribution in [0.3, 0.4) is 0 Å². The van der Waals surface area contributed by atoms with Crippen LogP contribution in [-0.4, -0.2) is 19.4 Å². The summed E-state index contributed by atoms with van der Waals surface area (Å²) < 4.78 is 4.60. The molecule has 1 aliphatic rings. The Hall–Kier alpha value is -0.830. The third kappa shape index (κ3) is 2.31. The van der Waals surface area contributed by atoms with Gasteiger partial charge in [0.15, 0.2) is 0 Å². The van der Waals surface area contributed by atoms with E-state index >= 15 is 0 Å². The SMILES string of the molecule is COC(=O)C1CCC(Cl)=C(C=O)C1. The van der Waals surface area contributed by atoms with Crippen molar-refractivity contribution >= 4 is 23.9 Å². The number of rotatable bonds is 2. The molecular formula is C9H11ClO3. The van der Waals surface area contributed by atoms with E-state index in [1.165, 1.54) is 7.11 Å². The molecule has 0 saturated heterocycles. The van der Waals surface area contributed by atoms with Gasteiger partial charge in [0.1, 0.15) is 6.29 Å². The standard InChI is InChI=1S/C9H11ClO3/c1-13-9(12)6-2-3-8(10)7(4-6)5-11/h5-6H,2-4H2,1H3. The summed E-state index contributed by atoms with van der Waals surface area (Å²) in [5.41, 5.74) is 0.531. The number of carbonyl (C=O) groups excluding carboxylic acids is 2. The van der Waals surface area contributed by atoms with E-state index in [-0.39, 0.29) is 11.9 Å². The van der Waals surface area contributed by atoms with Gasteiger partial charge in [0.05, 0.1) is 13.0 Å². The van der Waals surface area contributed by atoms with Crippen molar-refractivity contribution in [1.29, 1.82) is 0 Å². The molecule has 0 amide bonds. The molecule has 4 heteroatoms. The number of hydrogen-bond acceptors (Lipinski definition) is 3. The smallest absolute Gasteiger partial charge is 0.309 e. The zero-order chi connectivity index (χ0) is 9.84. The minimum Gasteiger partial charge on any atom is -0.469 e. The zero-order valence-electron chi connectivity index (χ0n) is 7.38. The van der Waals surface area contributed by atoms with Crippen molar-refractivity contribution in [2.75, 3.05) is 7.11 Å². The molecule has 1 rings (SSSR count). The molecule has 1 atom stereocenters. The number of ether oxygens (including phenoxy) is 1. The number of aldehydes is 1. The molecule has 1 aliphatic carbocycles. The summed E-state index contributed by atoms with van der Waals surface area (Å²) in [5, 5.41) is 0.579. The van der Waals surface area contributed by atoms with Crippen LogP contribution in [0.15, 0.2) is 10.6 Å². The molecule has 1 unspecified atom stereocenters. The first-order valence-corrected chi connectivity index (χ1v) is 4.47. The second kappa shape index (κ2) is 4.42. The molecule has 72 valence electrons. The molecule has 0 N–H and O–H groups in total. The van der Waals surface area contributed by atoms with E-state index in [0.29, 0.717) is 29.9 Å². The molecular weight excluding hydrogens is 192 g/mol. The van der Waals surface area contributed by atoms with Crippen molar-refractivity contribution in [1.82, 2.24) is 0 Å². The Labute approximate surface area is 81.7 Å². The van der Waals surface area contributed by atoms with Crippen molar-refractivity contribution in [2.45, 2.75) is 19.3 Å². The third-order valence-corrected chi connectivity index (χ3v) is 2.64. The van der Waals surface area contributed by atoms with Gasteiger partial charge in [0.2, 0.25) is 0 Å². The first kappa shape index (κ1) is 10.3. The van der Waals surface area contributed by atoms with E-state index in [4.69, 9.17) is 11.6 Å². The third-order valence-electron chi connectivity index (χ3n) is 2.20. The second-order valence-corrected chi connectivity index (χ2v) is 3.47. The van der Waals surface area contributed by atoms with E-state index in [9.17, 15) is 9.59 Å². The van der Waals surface area contributed by atoms with Gasteiger partial charge >= 0.3 is 5.97 Å². The van der Waals surface area contributed by atoms with Crippen LogP contribution in [-0.2, 0) is 14.3 Å². The van der Waals surface area contributed by atoms with Crippen LogP contribution in [0.4, 0.5) is 0 Å². The Morgan fingerprint density at radius 2 is 2.38 bits per heavy atom. The van der Waals surface area contributed by atoms with Crippen molar-refractivity contribution in [2.24, 2.45) is 5.92 Å². The maximum absolute atomic E-state index is 11.1. The quantitative estimate of drug-likeness (QED) is 0.505. The fraction of sp³-hybridized carbons (Fsp3) is 0.556. The number of esters is 1. The summed E-state index contributed by atoms with van der Waals surface area (Å²) >= 11 is 5.79. The highest BCUT2D eigenvalue weighted by molar-refractivity contribution is 6.31. The Morgan fingerprint density at radius 1 is 1.69 bits per heavy atom. The summed E-state index contributed by atoms with van der Waals surface area (Å²) in [7, 11) is 1.35. The maximum atomic E-state index is 11.1. The van der Waals surface area contributed by atoms with Crippen molar-refractivity contribution in [3.05, 3.63) is 10.6 Å². The molecule has 0 spiro atoms. The summed E-state index contributed by atoms with van der Waals surface area (Å²) in [4.78, 5) is 21.7. The first-order valence-electron chi connectivity index (χ1n) is 4.09. The molecule has 0 saturated carbocycles. The van der Waals surface area contributed by atoms with Gasteiger partial charge in [0, 0.05) is 10.6 Å². The number of hydrogen-bond donors (Lipinski definition) is 0. The topological polar surface area (TPSA) is 43.4 Å². The molecule has 0 aromatic rings. The lowest BCUT2D eigenvalue weighted by Gasteiger charge is -2.19. The molecule has 0 bridgehead atoms. The molecule has 0 aromatic carbocycles. The molecule has 0 fully saturated rings. The highest BCUT2D eigenvalue weighted by Gasteiger charge is 2.26. The first-order chi connectivity index (χ1) is 6.19. The molecule has 0 radical (unpaired) electrons. The van der Waals surface area contributed by atoms with Crippen LogP contribution in [0.1, 0.15) is 19.3 Å². The largest absolute Gasteiger partial charge is 0.469 e. The Balaban J connectivity index is 2.69. The fourth-order valence-corrected chi connectivity index (χ4v) is 1.65. The highest BCUT2D eigenvalue weighted by atomic mass is 35.5. The van der Waals surface area contributed by atoms with Crippen molar-refractivity contribution in [3.63, 3.8) is 0 Å². The number of carbonyl (C=O) groups is 2. The van der Waals surface area contributed by atoms with Crippen molar-refractivity contribution < 1.29 is 14.3 Å². The molecule has 0 aromatic heterocycles. The van der Waals surface area contributed by atoms with E-state index < -0.39 is 0 Å². The zero-order valence-corrected chi connectivity index (χ0v) is 8.13. The van der Waals surface area contributed by atoms with Gasteiger partial charge in [-0.1, -0.05) is 11.6 Å². The van der Waals surface area contributed by atoms with Gasteiger partial charge in [-0.25, -0.2) is 0 Å². The van der Waals surface area contributed by atoms with Gasteiger partial charge in [-0.05, 0) is 19.3 Å². The van der Waals surface area contributed by atoms with Crippen molar-refractivity contribution in [3.8, 4) is 0 Å². The van der Waals surface area contributed by atoms with Crippen LogP contribution in [0, 0.1) is 5.92 Å². The monoisotopic (exact) mass is 202 g/mol. The molecule has 3 nitrogen and oxygen atoms in total. The Kier molecular flexibility index (Phi) is 3.48. The van der Waals surface area contributed by atoms with E-state index in [1.54, 1.807) is 0 Å². The minimum atomic E-state index is -0.261. The summed E-state index contributed by atoms with van der Waals surface area (Å²) in [6.45, 7) is 0. The van der Waals surface area contributed by atoms with Gasteiger partial charge in [-0.15, -0.1) is 0 Å². The average molecular weight is 203 g/mol. The fourth-order valence-electron chi connectivity index (χ4n) is 1.42. The molecule has 13 heavy (non-hydrogen) atoms. The summed E-state index contributed by atoms with van der Waals surface area (Å²) in [6.07, 6.45) is 2.39. The van der Waals surface area contributed by atoms with Gasteiger partial charge in [0.25, 0.3) is 0 Å². The van der Waals surface area contributed by atoms with E-state index in [0.717, 1.165) is 6.29 Å². The number of halogens is 1. The Bertz CT molecular complexity index is 258. The predicted molar refractivity (Wildman–Crippen MR) is 48.3 cm³/mol. The highest BCUT2D eigenvalue weighted by Crippen LogP contribution is 2.31. The normalized spacial score (nSPS) is 22.8. The lowest BCUT2D eigenvalue weighted by Crippen LogP contribution is -2.20. The number of allylic oxidation sites excluding steroid dienone is 2. The van der Waals surface area contributed by atoms with Crippen LogP contribution in [0.25, 0.3) is 0 Å². The van der Waals surface area contributed by atoms with Gasteiger partial charge in [-0.3, -0.25) is 9.59 Å². The van der Waals surface area contributed by atoms with Gasteiger partial charge in [-0.2, -0.15) is 0 Å². The van der Waals surface area contributed by atoms with Crippen LogP contribution in [0.2, 0.25) is 0 Å². The second-order valence-electron chi connectivity index (χ2n) is 3.01. The van der Waals surface area contributed by atoms with Crippen LogP contribution >= 0.6 is 11.6 Å². The lowest BCUT2D eigenvalue weighted by molar-refractivity contribution is -0.145. The summed E-state index contributed by atoms with van der Waals surface area (Å²) in [5.74, 6) is -0.462. The lowest BCUT2D eigenvalue weighted by atomic mass is 9.89. The van der Waals surface area contributed by atoms with E-state index in [1.807, 2.05) is 0 Å². The minimum absolute atomic E-state index is 0.201. The maximum Gasteiger partial charge on any atom is 0.309 e. The van der Waals surface area contributed by atoms with Crippen LogP contribution < -0.4 is 0 Å². The number of methoxy groups -OCH3 is 1. The van der Waals surface area contributed by atoms with Crippen LogP contribution in [0.5, 0.6) is 0 Å². The molecule has 0 heterocycles. The predicted octanol–water partition coefficient (Wildman–Crippen LogP) is 1.65. The Morgan fingerprint density at radius 3 is 2.92 bits per heavy atom.